The SMILES string of the molecule is Cc1ccc(-n2c(C=C3C(=O)Nc4ccccc43)nc3ccc(I)cc3c2=O)c(C)c1. The van der Waals surface area contributed by atoms with Crippen molar-refractivity contribution >= 4 is 56.7 Å². The first kappa shape index (κ1) is 19.7. The molecule has 152 valence electrons. The summed E-state index contributed by atoms with van der Waals surface area (Å²) < 4.78 is 2.57. The van der Waals surface area contributed by atoms with Gasteiger partial charge in [-0.2, -0.15) is 0 Å². The summed E-state index contributed by atoms with van der Waals surface area (Å²) in [6, 6.07) is 19.1. The van der Waals surface area contributed by atoms with Crippen molar-refractivity contribution in [2.24, 2.45) is 0 Å². The molecule has 0 saturated heterocycles. The molecule has 6 heteroatoms. The van der Waals surface area contributed by atoms with Gasteiger partial charge in [-0.15, -0.1) is 0 Å². The minimum Gasteiger partial charge on any atom is -0.321 e. The number of carbonyl (C=O) groups is 1. The highest BCUT2D eigenvalue weighted by atomic mass is 127. The van der Waals surface area contributed by atoms with Crippen molar-refractivity contribution in [2.45, 2.75) is 13.8 Å². The number of benzene rings is 3. The van der Waals surface area contributed by atoms with Crippen LogP contribution in [-0.4, -0.2) is 15.5 Å². The van der Waals surface area contributed by atoms with E-state index in [4.69, 9.17) is 4.98 Å². The number of rotatable bonds is 2. The van der Waals surface area contributed by atoms with Gasteiger partial charge in [-0.25, -0.2) is 4.98 Å². The monoisotopic (exact) mass is 519 g/mol. The lowest BCUT2D eigenvalue weighted by Crippen LogP contribution is -2.23. The Balaban J connectivity index is 1.85. The zero-order valence-corrected chi connectivity index (χ0v) is 19.1. The van der Waals surface area contributed by atoms with Gasteiger partial charge in [0.25, 0.3) is 11.5 Å². The van der Waals surface area contributed by atoms with Crippen molar-refractivity contribution in [3.05, 3.63) is 97.1 Å². The maximum absolute atomic E-state index is 13.6. The molecule has 3 aromatic carbocycles. The largest absolute Gasteiger partial charge is 0.321 e. The number of aryl methyl sites for hydroxylation is 2. The molecular formula is C25H18IN3O2. The number of nitrogens with zero attached hydrogens (tertiary/aromatic N) is 2. The van der Waals surface area contributed by atoms with Crippen molar-refractivity contribution < 1.29 is 4.79 Å². The second-order valence-corrected chi connectivity index (χ2v) is 8.87. The fraction of sp³-hybridized carbons (Fsp3) is 0.0800. The van der Waals surface area contributed by atoms with E-state index in [0.717, 1.165) is 31.6 Å². The Morgan fingerprint density at radius 2 is 1.81 bits per heavy atom. The summed E-state index contributed by atoms with van der Waals surface area (Å²) >= 11 is 2.19. The second kappa shape index (κ2) is 7.46. The number of halogens is 1. The number of amides is 1. The highest BCUT2D eigenvalue weighted by Gasteiger charge is 2.25. The Labute approximate surface area is 192 Å². The van der Waals surface area contributed by atoms with Crippen LogP contribution in [-0.2, 0) is 4.79 Å². The maximum atomic E-state index is 13.6. The minimum absolute atomic E-state index is 0.158. The molecule has 1 aliphatic heterocycles. The van der Waals surface area contributed by atoms with Gasteiger partial charge in [0.15, 0.2) is 0 Å². The van der Waals surface area contributed by atoms with Crippen molar-refractivity contribution in [1.82, 2.24) is 9.55 Å². The summed E-state index contributed by atoms with van der Waals surface area (Å²) in [5.41, 5.74) is 5.32. The van der Waals surface area contributed by atoms with Crippen LogP contribution in [0.15, 0.2) is 65.5 Å². The van der Waals surface area contributed by atoms with Crippen LogP contribution in [0.2, 0.25) is 0 Å². The summed E-state index contributed by atoms with van der Waals surface area (Å²) in [5.74, 6) is 0.220. The lowest BCUT2D eigenvalue weighted by atomic mass is 10.1. The first-order valence-corrected chi connectivity index (χ1v) is 10.9. The van der Waals surface area contributed by atoms with E-state index in [-0.39, 0.29) is 11.5 Å². The number of para-hydroxylation sites is 1. The van der Waals surface area contributed by atoms with E-state index in [1.807, 2.05) is 74.5 Å². The van der Waals surface area contributed by atoms with E-state index >= 15 is 0 Å². The normalized spacial score (nSPS) is 14.2. The Bertz CT molecular complexity index is 1480. The van der Waals surface area contributed by atoms with Crippen molar-refractivity contribution in [3.8, 4) is 5.69 Å². The summed E-state index contributed by atoms with van der Waals surface area (Å²) in [5, 5.41) is 3.43. The zero-order chi connectivity index (χ0) is 21.7. The molecule has 0 aliphatic carbocycles. The van der Waals surface area contributed by atoms with Gasteiger partial charge in [-0.3, -0.25) is 14.2 Å². The number of nitrogens with one attached hydrogen (secondary N) is 1. The molecule has 0 bridgehead atoms. The highest BCUT2D eigenvalue weighted by molar-refractivity contribution is 14.1. The first-order chi connectivity index (χ1) is 14.9. The van der Waals surface area contributed by atoms with E-state index in [1.54, 1.807) is 10.6 Å². The summed E-state index contributed by atoms with van der Waals surface area (Å²) in [7, 11) is 0. The molecule has 5 nitrogen and oxygen atoms in total. The Morgan fingerprint density at radius 1 is 1.00 bits per heavy atom. The van der Waals surface area contributed by atoms with Gasteiger partial charge in [0.2, 0.25) is 0 Å². The van der Waals surface area contributed by atoms with E-state index in [0.29, 0.717) is 22.3 Å². The highest BCUT2D eigenvalue weighted by Crippen LogP contribution is 2.33. The summed E-state index contributed by atoms with van der Waals surface area (Å²) in [6.45, 7) is 3.99. The van der Waals surface area contributed by atoms with Crippen molar-refractivity contribution in [3.63, 3.8) is 0 Å². The van der Waals surface area contributed by atoms with E-state index < -0.39 is 0 Å². The number of hydrogen-bond acceptors (Lipinski definition) is 3. The number of fused-ring (bicyclic) bond motifs is 2. The fourth-order valence-corrected chi connectivity index (χ4v) is 4.46. The fourth-order valence-electron chi connectivity index (χ4n) is 3.97. The Morgan fingerprint density at radius 3 is 2.61 bits per heavy atom. The number of anilines is 1. The number of aromatic nitrogens is 2. The molecule has 0 saturated carbocycles. The maximum Gasteiger partial charge on any atom is 0.266 e. The predicted octanol–water partition coefficient (Wildman–Crippen LogP) is 5.10. The second-order valence-electron chi connectivity index (χ2n) is 7.62. The quantitative estimate of drug-likeness (QED) is 0.296. The predicted molar refractivity (Wildman–Crippen MR) is 132 cm³/mol. The Hall–Kier alpha value is -3.26. The van der Waals surface area contributed by atoms with Crippen LogP contribution in [0.4, 0.5) is 5.69 Å². The molecule has 1 aromatic heterocycles. The van der Waals surface area contributed by atoms with Gasteiger partial charge in [-0.05, 0) is 78.4 Å². The van der Waals surface area contributed by atoms with Crippen LogP contribution in [0.1, 0.15) is 22.5 Å². The zero-order valence-electron chi connectivity index (χ0n) is 16.9. The lowest BCUT2D eigenvalue weighted by Gasteiger charge is -2.15. The average molecular weight is 519 g/mol. The van der Waals surface area contributed by atoms with Gasteiger partial charge < -0.3 is 5.32 Å². The molecule has 0 spiro atoms. The van der Waals surface area contributed by atoms with Crippen LogP contribution in [0.5, 0.6) is 0 Å². The van der Waals surface area contributed by atoms with Gasteiger partial charge in [-0.1, -0.05) is 35.9 Å². The van der Waals surface area contributed by atoms with E-state index in [2.05, 4.69) is 27.9 Å². The number of hydrogen-bond donors (Lipinski definition) is 1. The molecule has 1 amide bonds. The molecule has 31 heavy (non-hydrogen) atoms. The minimum atomic E-state index is -0.203. The molecular weight excluding hydrogens is 501 g/mol. The molecule has 0 radical (unpaired) electrons. The molecule has 1 N–H and O–H groups in total. The van der Waals surface area contributed by atoms with Crippen molar-refractivity contribution in [2.75, 3.05) is 5.32 Å². The molecule has 0 fully saturated rings. The van der Waals surface area contributed by atoms with Gasteiger partial charge in [0, 0.05) is 14.8 Å². The number of carbonyl (C=O) groups excluding carboxylic acids is 1. The van der Waals surface area contributed by atoms with Crippen LogP contribution in [0.3, 0.4) is 0 Å². The third-order valence-electron chi connectivity index (χ3n) is 5.43. The molecule has 0 unspecified atom stereocenters. The van der Waals surface area contributed by atoms with Crippen LogP contribution < -0.4 is 10.9 Å². The molecule has 2 heterocycles. The molecule has 5 rings (SSSR count). The van der Waals surface area contributed by atoms with Gasteiger partial charge >= 0.3 is 0 Å². The van der Waals surface area contributed by atoms with Gasteiger partial charge in [0.1, 0.15) is 5.82 Å². The lowest BCUT2D eigenvalue weighted by molar-refractivity contribution is -0.110. The topological polar surface area (TPSA) is 64.0 Å². The van der Waals surface area contributed by atoms with E-state index in [1.165, 1.54) is 0 Å². The van der Waals surface area contributed by atoms with Gasteiger partial charge in [0.05, 0.1) is 22.2 Å². The molecule has 4 aromatic rings. The van der Waals surface area contributed by atoms with Crippen molar-refractivity contribution in [1.29, 1.82) is 0 Å². The standard InChI is InChI=1S/C25H18IN3O2/c1-14-7-10-22(15(2)11-14)29-23(27-21-9-8-16(26)12-19(21)25(29)31)13-18-17-5-3-4-6-20(17)28-24(18)30/h3-13H,1-2H3,(H,28,30). The van der Waals surface area contributed by atoms with E-state index in [9.17, 15) is 9.59 Å². The van der Waals surface area contributed by atoms with Crippen LogP contribution in [0, 0.1) is 17.4 Å². The molecule has 0 atom stereocenters. The average Bonchev–Trinajstić information content (AvgIpc) is 3.05. The smallest absolute Gasteiger partial charge is 0.266 e. The van der Waals surface area contributed by atoms with Crippen LogP contribution >= 0.6 is 22.6 Å². The third kappa shape index (κ3) is 3.37. The molecule has 1 aliphatic rings. The Kier molecular flexibility index (Phi) is 4.74. The first-order valence-electron chi connectivity index (χ1n) is 9.85. The summed E-state index contributed by atoms with van der Waals surface area (Å²) in [6.07, 6.45) is 1.71. The third-order valence-corrected chi connectivity index (χ3v) is 6.10. The van der Waals surface area contributed by atoms with Crippen LogP contribution in [0.25, 0.3) is 28.2 Å². The summed E-state index contributed by atoms with van der Waals surface area (Å²) in [4.78, 5) is 31.1.